The minimum Gasteiger partial charge on any atom is -0.453 e. The lowest BCUT2D eigenvalue weighted by Crippen LogP contribution is -2.61. The van der Waals surface area contributed by atoms with Gasteiger partial charge in [0.25, 0.3) is 5.91 Å². The van der Waals surface area contributed by atoms with E-state index in [-0.39, 0.29) is 17.3 Å². The molecule has 1 aromatic carbocycles. The first-order valence-corrected chi connectivity index (χ1v) is 11.0. The number of carbonyl (C=O) groups excluding carboxylic acids is 3. The van der Waals surface area contributed by atoms with Crippen molar-refractivity contribution in [3.63, 3.8) is 0 Å². The second-order valence-corrected chi connectivity index (χ2v) is 8.10. The number of amides is 3. The molecule has 3 amide bonds. The Morgan fingerprint density at radius 2 is 1.91 bits per heavy atom. The number of hydrogen-bond donors (Lipinski definition) is 1. The largest absolute Gasteiger partial charge is 0.453 e. The Morgan fingerprint density at radius 1 is 1.06 bits per heavy atom. The van der Waals surface area contributed by atoms with Crippen LogP contribution in [0.25, 0.3) is 16.5 Å². The number of aromatic nitrogens is 3. The summed E-state index contributed by atoms with van der Waals surface area (Å²) in [4.78, 5) is 54.1. The third-order valence-corrected chi connectivity index (χ3v) is 6.06. The summed E-state index contributed by atoms with van der Waals surface area (Å²) in [6.45, 7) is 0.404. The van der Waals surface area contributed by atoms with Crippen LogP contribution >= 0.6 is 0 Å². The Morgan fingerprint density at radius 3 is 2.71 bits per heavy atom. The predicted molar refractivity (Wildman–Crippen MR) is 122 cm³/mol. The Balaban J connectivity index is 1.53. The number of esters is 1. The van der Waals surface area contributed by atoms with Crippen LogP contribution in [-0.2, 0) is 9.53 Å². The Hall–Kier alpha value is -4.34. The molecule has 2 aromatic heterocycles. The highest BCUT2D eigenvalue weighted by Crippen LogP contribution is 2.33. The second-order valence-electron chi connectivity index (χ2n) is 8.10. The predicted octanol–water partition coefficient (Wildman–Crippen LogP) is 2.32. The number of pyridine rings is 1. The van der Waals surface area contributed by atoms with Crippen LogP contribution in [0.4, 0.5) is 4.79 Å². The van der Waals surface area contributed by atoms with E-state index in [1.165, 1.54) is 28.4 Å². The highest BCUT2D eigenvalue weighted by atomic mass is 16.5. The van der Waals surface area contributed by atoms with Gasteiger partial charge in [0.2, 0.25) is 0 Å². The van der Waals surface area contributed by atoms with Gasteiger partial charge in [-0.15, -0.1) is 0 Å². The Bertz CT molecular complexity index is 1290. The monoisotopic (exact) mass is 458 g/mol. The van der Waals surface area contributed by atoms with Gasteiger partial charge in [0, 0.05) is 30.4 Å². The Kier molecular flexibility index (Phi) is 5.62. The van der Waals surface area contributed by atoms with Crippen molar-refractivity contribution >= 4 is 34.4 Å². The van der Waals surface area contributed by atoms with Crippen LogP contribution in [-0.4, -0.2) is 61.5 Å². The summed E-state index contributed by atoms with van der Waals surface area (Å²) < 4.78 is 5.94. The number of nitrogens with two attached hydrogens (primary N) is 1. The van der Waals surface area contributed by atoms with Gasteiger partial charge in [0.1, 0.15) is 12.4 Å². The van der Waals surface area contributed by atoms with E-state index in [1.807, 2.05) is 24.3 Å². The van der Waals surface area contributed by atoms with Crippen LogP contribution in [0.5, 0.6) is 0 Å². The number of benzene rings is 1. The molecule has 3 aromatic rings. The summed E-state index contributed by atoms with van der Waals surface area (Å²) in [6, 6.07) is 10.00. The first kappa shape index (κ1) is 21.5. The molecule has 0 spiro atoms. The average molecular weight is 458 g/mol. The molecular weight excluding hydrogens is 436 g/mol. The quantitative estimate of drug-likeness (QED) is 0.596. The first-order chi connectivity index (χ1) is 16.5. The first-order valence-electron chi connectivity index (χ1n) is 11.0. The molecule has 2 unspecified atom stereocenters. The van der Waals surface area contributed by atoms with E-state index in [0.717, 1.165) is 5.39 Å². The van der Waals surface area contributed by atoms with Gasteiger partial charge in [-0.1, -0.05) is 24.3 Å². The van der Waals surface area contributed by atoms with Crippen LogP contribution in [0.15, 0.2) is 61.2 Å². The Labute approximate surface area is 195 Å². The van der Waals surface area contributed by atoms with Crippen LogP contribution < -0.4 is 5.73 Å². The molecule has 0 bridgehead atoms. The van der Waals surface area contributed by atoms with E-state index in [4.69, 9.17) is 10.5 Å². The lowest BCUT2D eigenvalue weighted by atomic mass is 10.1. The van der Waals surface area contributed by atoms with Crippen molar-refractivity contribution in [2.45, 2.75) is 31.5 Å². The van der Waals surface area contributed by atoms with Crippen molar-refractivity contribution in [3.8, 4) is 0 Å². The number of primary amides is 1. The highest BCUT2D eigenvalue weighted by molar-refractivity contribution is 6.03. The third-order valence-electron chi connectivity index (χ3n) is 6.06. The van der Waals surface area contributed by atoms with Gasteiger partial charge >= 0.3 is 12.0 Å². The van der Waals surface area contributed by atoms with Crippen LogP contribution in [0.2, 0.25) is 0 Å². The minimum atomic E-state index is -0.901. The molecule has 2 atom stereocenters. The van der Waals surface area contributed by atoms with E-state index in [2.05, 4.69) is 15.0 Å². The fraction of sp³-hybridized carbons (Fsp3) is 0.250. The zero-order chi connectivity index (χ0) is 23.7. The average Bonchev–Trinajstić information content (AvgIpc) is 3.07. The molecule has 0 aliphatic carbocycles. The van der Waals surface area contributed by atoms with E-state index >= 15 is 0 Å². The molecule has 2 aliphatic rings. The topological polar surface area (TPSA) is 132 Å². The molecule has 5 rings (SSSR count). The second kappa shape index (κ2) is 8.89. The summed E-state index contributed by atoms with van der Waals surface area (Å²) >= 11 is 0. The summed E-state index contributed by atoms with van der Waals surface area (Å²) in [5.41, 5.74) is 6.57. The standard InChI is InChI=1S/C24H22N6O4/c25-24(33)30-18(17-9-10-26-14-28-17)13-20(31)29-12-4-3-7-19(22(29)30)34-23(32)21-16-6-2-1-5-15(16)8-11-27-21/h1-2,5-6,8-11,13-14,19,22H,3-4,7,12H2,(H2,25,33). The third kappa shape index (κ3) is 3.83. The normalized spacial score (nSPS) is 20.4. The van der Waals surface area contributed by atoms with Gasteiger partial charge in [-0.25, -0.2) is 24.5 Å². The van der Waals surface area contributed by atoms with Gasteiger partial charge in [0.05, 0.1) is 11.4 Å². The molecule has 2 N–H and O–H groups in total. The van der Waals surface area contributed by atoms with Gasteiger partial charge in [0.15, 0.2) is 11.9 Å². The maximum atomic E-state index is 13.3. The smallest absolute Gasteiger partial charge is 0.357 e. The summed E-state index contributed by atoms with van der Waals surface area (Å²) in [5.74, 6) is -0.930. The fourth-order valence-corrected chi connectivity index (χ4v) is 4.55. The van der Waals surface area contributed by atoms with E-state index < -0.39 is 24.3 Å². The maximum Gasteiger partial charge on any atom is 0.357 e. The number of rotatable bonds is 3. The fourth-order valence-electron chi connectivity index (χ4n) is 4.55. The van der Waals surface area contributed by atoms with E-state index in [9.17, 15) is 14.4 Å². The van der Waals surface area contributed by atoms with E-state index in [1.54, 1.807) is 18.3 Å². The highest BCUT2D eigenvalue weighted by Gasteiger charge is 2.45. The maximum absolute atomic E-state index is 13.3. The van der Waals surface area contributed by atoms with Crippen molar-refractivity contribution in [1.29, 1.82) is 0 Å². The van der Waals surface area contributed by atoms with Crippen LogP contribution in [0.1, 0.15) is 35.4 Å². The molecule has 34 heavy (non-hydrogen) atoms. The van der Waals surface area contributed by atoms with E-state index in [0.29, 0.717) is 36.9 Å². The summed E-state index contributed by atoms with van der Waals surface area (Å²) in [6.07, 6.45) is 5.86. The van der Waals surface area contributed by atoms with Crippen molar-refractivity contribution in [3.05, 3.63) is 72.6 Å². The van der Waals surface area contributed by atoms with Crippen molar-refractivity contribution in [2.75, 3.05) is 6.54 Å². The summed E-state index contributed by atoms with van der Waals surface area (Å²) in [5, 5.41) is 1.51. The zero-order valence-corrected chi connectivity index (χ0v) is 18.2. The molecule has 1 saturated heterocycles. The van der Waals surface area contributed by atoms with Gasteiger partial charge in [-0.3, -0.25) is 9.69 Å². The molecule has 172 valence electrons. The lowest BCUT2D eigenvalue weighted by molar-refractivity contribution is -0.135. The summed E-state index contributed by atoms with van der Waals surface area (Å²) in [7, 11) is 0. The molecule has 4 heterocycles. The number of hydrogen-bond acceptors (Lipinski definition) is 7. The molecule has 1 fully saturated rings. The molecular formula is C24H22N6O4. The SMILES string of the molecule is NC(=O)N1C(c2ccncn2)=CC(=O)N2CCCCC(OC(=O)c3nccc4ccccc34)C21. The molecule has 10 nitrogen and oxygen atoms in total. The lowest BCUT2D eigenvalue weighted by Gasteiger charge is -2.44. The van der Waals surface area contributed by atoms with Crippen molar-refractivity contribution in [2.24, 2.45) is 5.73 Å². The van der Waals surface area contributed by atoms with Gasteiger partial charge in [-0.05, 0) is 36.8 Å². The molecule has 2 aliphatic heterocycles. The van der Waals surface area contributed by atoms with Crippen molar-refractivity contribution in [1.82, 2.24) is 24.8 Å². The number of carbonyl (C=O) groups is 3. The number of fused-ring (bicyclic) bond motifs is 2. The zero-order valence-electron chi connectivity index (χ0n) is 18.2. The van der Waals surface area contributed by atoms with Gasteiger partial charge in [-0.2, -0.15) is 0 Å². The van der Waals surface area contributed by atoms with Crippen LogP contribution in [0.3, 0.4) is 0 Å². The molecule has 0 saturated carbocycles. The van der Waals surface area contributed by atoms with Crippen molar-refractivity contribution < 1.29 is 19.1 Å². The van der Waals surface area contributed by atoms with Gasteiger partial charge < -0.3 is 15.4 Å². The number of nitrogens with zero attached hydrogens (tertiary/aromatic N) is 5. The molecule has 10 heteroatoms. The number of ether oxygens (including phenoxy) is 1. The van der Waals surface area contributed by atoms with Crippen LogP contribution in [0, 0.1) is 0 Å². The number of urea groups is 1. The minimum absolute atomic E-state index is 0.174. The molecule has 0 radical (unpaired) electrons.